The van der Waals surface area contributed by atoms with Gasteiger partial charge in [0, 0.05) is 20.8 Å². The van der Waals surface area contributed by atoms with Crippen LogP contribution in [0.2, 0.25) is 0 Å². The van der Waals surface area contributed by atoms with Crippen LogP contribution in [0.3, 0.4) is 0 Å². The highest BCUT2D eigenvalue weighted by Crippen LogP contribution is 2.39. The van der Waals surface area contributed by atoms with Gasteiger partial charge < -0.3 is 4.90 Å². The van der Waals surface area contributed by atoms with E-state index in [9.17, 15) is 13.2 Å². The standard InChI is InChI=1S/C20H18BrNO3S3/c21-15-4-1-3-14(11-15)12-28(24,25)13-19(23)22-8-6-17-16(7-10-27-17)20(22)18-5-2-9-26-18/h1-5,7,9-11,20H,6,8,12-13H2. The van der Waals surface area contributed by atoms with Gasteiger partial charge in [-0.2, -0.15) is 0 Å². The van der Waals surface area contributed by atoms with Crippen molar-refractivity contribution in [1.82, 2.24) is 4.90 Å². The summed E-state index contributed by atoms with van der Waals surface area (Å²) in [5.41, 5.74) is 1.80. The maximum atomic E-state index is 13.1. The Labute approximate surface area is 180 Å². The van der Waals surface area contributed by atoms with Crippen LogP contribution in [0.1, 0.15) is 26.9 Å². The van der Waals surface area contributed by atoms with Gasteiger partial charge in [0.05, 0.1) is 11.8 Å². The fourth-order valence-corrected chi connectivity index (χ4v) is 7.08. The number of carbonyl (C=O) groups is 1. The first-order valence-electron chi connectivity index (χ1n) is 8.77. The van der Waals surface area contributed by atoms with Crippen molar-refractivity contribution >= 4 is 54.3 Å². The van der Waals surface area contributed by atoms with Gasteiger partial charge in [0.2, 0.25) is 5.91 Å². The number of carbonyl (C=O) groups excluding carboxylic acids is 1. The Kier molecular flexibility index (Phi) is 5.73. The third-order valence-corrected chi connectivity index (χ3v) is 8.59. The van der Waals surface area contributed by atoms with Crippen LogP contribution >= 0.6 is 38.6 Å². The van der Waals surface area contributed by atoms with E-state index < -0.39 is 15.6 Å². The topological polar surface area (TPSA) is 54.5 Å². The first-order valence-corrected chi connectivity index (χ1v) is 13.1. The van der Waals surface area contributed by atoms with Gasteiger partial charge in [-0.25, -0.2) is 8.42 Å². The molecule has 0 fully saturated rings. The summed E-state index contributed by atoms with van der Waals surface area (Å²) in [4.78, 5) is 17.1. The Morgan fingerprint density at radius 2 is 2.00 bits per heavy atom. The lowest BCUT2D eigenvalue weighted by Crippen LogP contribution is -2.42. The van der Waals surface area contributed by atoms with Gasteiger partial charge in [-0.1, -0.05) is 34.1 Å². The van der Waals surface area contributed by atoms with Gasteiger partial charge in [-0.15, -0.1) is 22.7 Å². The first-order chi connectivity index (χ1) is 13.4. The molecule has 1 aliphatic rings. The van der Waals surface area contributed by atoms with E-state index in [2.05, 4.69) is 22.0 Å². The number of sulfone groups is 1. The lowest BCUT2D eigenvalue weighted by atomic mass is 9.98. The van der Waals surface area contributed by atoms with Gasteiger partial charge in [0.25, 0.3) is 0 Å². The quantitative estimate of drug-likeness (QED) is 0.516. The van der Waals surface area contributed by atoms with E-state index in [1.54, 1.807) is 45.8 Å². The number of halogens is 1. The van der Waals surface area contributed by atoms with Crippen LogP contribution in [0.5, 0.6) is 0 Å². The molecule has 0 saturated carbocycles. The molecule has 4 rings (SSSR count). The SMILES string of the molecule is O=C(CS(=O)(=O)Cc1cccc(Br)c1)N1CCc2sccc2C1c1cccs1. The highest BCUT2D eigenvalue weighted by Gasteiger charge is 2.35. The summed E-state index contributed by atoms with van der Waals surface area (Å²) in [5, 5.41) is 4.03. The summed E-state index contributed by atoms with van der Waals surface area (Å²) in [7, 11) is -3.56. The Morgan fingerprint density at radius 3 is 2.75 bits per heavy atom. The van der Waals surface area contributed by atoms with Crippen LogP contribution in [0.25, 0.3) is 0 Å². The zero-order valence-electron chi connectivity index (χ0n) is 14.9. The summed E-state index contributed by atoms with van der Waals surface area (Å²) in [6, 6.07) is 13.0. The smallest absolute Gasteiger partial charge is 0.238 e. The number of amides is 1. The fourth-order valence-electron chi connectivity index (χ4n) is 3.54. The molecule has 4 nitrogen and oxygen atoms in total. The second-order valence-corrected chi connectivity index (χ2v) is 11.7. The number of hydrogen-bond donors (Lipinski definition) is 0. The molecule has 0 radical (unpaired) electrons. The molecule has 0 aliphatic carbocycles. The molecule has 0 N–H and O–H groups in total. The summed E-state index contributed by atoms with van der Waals surface area (Å²) in [5.74, 6) is -0.939. The predicted octanol–water partition coefficient (Wildman–Crippen LogP) is 4.66. The zero-order chi connectivity index (χ0) is 19.7. The van der Waals surface area contributed by atoms with E-state index in [1.165, 1.54) is 4.88 Å². The van der Waals surface area contributed by atoms with Gasteiger partial charge in [-0.3, -0.25) is 4.79 Å². The molecular weight excluding hydrogens is 478 g/mol. The van der Waals surface area contributed by atoms with Gasteiger partial charge in [0.15, 0.2) is 9.84 Å². The highest BCUT2D eigenvalue weighted by molar-refractivity contribution is 9.10. The van der Waals surface area contributed by atoms with E-state index in [0.717, 1.165) is 21.3 Å². The van der Waals surface area contributed by atoms with Crippen molar-refractivity contribution < 1.29 is 13.2 Å². The van der Waals surface area contributed by atoms with E-state index in [-0.39, 0.29) is 17.7 Å². The third kappa shape index (κ3) is 4.25. The van der Waals surface area contributed by atoms with Crippen molar-refractivity contribution in [2.24, 2.45) is 0 Å². The molecule has 1 unspecified atom stereocenters. The molecule has 1 aromatic carbocycles. The van der Waals surface area contributed by atoms with Crippen LogP contribution in [-0.2, 0) is 26.8 Å². The van der Waals surface area contributed by atoms with Crippen molar-refractivity contribution in [1.29, 1.82) is 0 Å². The lowest BCUT2D eigenvalue weighted by Gasteiger charge is -2.35. The highest BCUT2D eigenvalue weighted by atomic mass is 79.9. The van der Waals surface area contributed by atoms with Crippen LogP contribution < -0.4 is 0 Å². The Hall–Kier alpha value is -1.48. The molecule has 1 atom stereocenters. The number of hydrogen-bond acceptors (Lipinski definition) is 5. The van der Waals surface area contributed by atoms with Crippen molar-refractivity contribution in [3.8, 4) is 0 Å². The molecule has 0 bridgehead atoms. The van der Waals surface area contributed by atoms with Crippen molar-refractivity contribution in [3.63, 3.8) is 0 Å². The van der Waals surface area contributed by atoms with E-state index in [0.29, 0.717) is 12.1 Å². The normalized spacial score (nSPS) is 16.8. The third-order valence-electron chi connectivity index (χ3n) is 4.72. The second kappa shape index (κ2) is 8.10. The molecule has 146 valence electrons. The van der Waals surface area contributed by atoms with Gasteiger partial charge in [-0.05, 0) is 52.6 Å². The number of nitrogens with zero attached hydrogens (tertiary/aromatic N) is 1. The minimum Gasteiger partial charge on any atom is -0.329 e. The van der Waals surface area contributed by atoms with E-state index in [1.807, 2.05) is 29.0 Å². The van der Waals surface area contributed by atoms with Crippen molar-refractivity contribution in [3.05, 3.63) is 78.6 Å². The largest absolute Gasteiger partial charge is 0.329 e. The number of fused-ring (bicyclic) bond motifs is 1. The predicted molar refractivity (Wildman–Crippen MR) is 118 cm³/mol. The average Bonchev–Trinajstić information content (AvgIpc) is 3.31. The fraction of sp³-hybridized carbons (Fsp3) is 0.250. The van der Waals surface area contributed by atoms with Crippen molar-refractivity contribution in [2.75, 3.05) is 12.3 Å². The van der Waals surface area contributed by atoms with Crippen LogP contribution in [-0.4, -0.2) is 31.5 Å². The Balaban J connectivity index is 1.56. The van der Waals surface area contributed by atoms with Gasteiger partial charge in [0.1, 0.15) is 5.75 Å². The molecular formula is C20H18BrNO3S3. The maximum Gasteiger partial charge on any atom is 0.238 e. The molecule has 0 spiro atoms. The summed E-state index contributed by atoms with van der Waals surface area (Å²) >= 11 is 6.65. The van der Waals surface area contributed by atoms with Crippen LogP contribution in [0.4, 0.5) is 0 Å². The van der Waals surface area contributed by atoms with Crippen molar-refractivity contribution in [2.45, 2.75) is 18.2 Å². The van der Waals surface area contributed by atoms with E-state index >= 15 is 0 Å². The molecule has 8 heteroatoms. The molecule has 0 saturated heterocycles. The zero-order valence-corrected chi connectivity index (χ0v) is 18.9. The molecule has 2 aromatic heterocycles. The molecule has 1 amide bonds. The molecule has 1 aliphatic heterocycles. The Bertz CT molecular complexity index is 1090. The minimum absolute atomic E-state index is 0.139. The van der Waals surface area contributed by atoms with Crippen LogP contribution in [0, 0.1) is 0 Å². The molecule has 28 heavy (non-hydrogen) atoms. The summed E-state index contributed by atoms with van der Waals surface area (Å²) in [6.07, 6.45) is 0.770. The average molecular weight is 496 g/mol. The monoisotopic (exact) mass is 495 g/mol. The molecule has 3 heterocycles. The first kappa shape index (κ1) is 19.8. The second-order valence-electron chi connectivity index (χ2n) is 6.72. The Morgan fingerprint density at radius 1 is 1.14 bits per heavy atom. The van der Waals surface area contributed by atoms with Gasteiger partial charge >= 0.3 is 0 Å². The lowest BCUT2D eigenvalue weighted by molar-refractivity contribution is -0.130. The summed E-state index contributed by atoms with van der Waals surface area (Å²) < 4.78 is 26.2. The number of benzene rings is 1. The number of rotatable bonds is 5. The molecule has 3 aromatic rings. The minimum atomic E-state index is -3.56. The maximum absolute atomic E-state index is 13.1. The summed E-state index contributed by atoms with van der Waals surface area (Å²) in [6.45, 7) is 0.543. The van der Waals surface area contributed by atoms with Crippen LogP contribution in [0.15, 0.2) is 57.7 Å². The number of thiophene rings is 2. The van der Waals surface area contributed by atoms with E-state index in [4.69, 9.17) is 0 Å².